The molecule has 1 heterocycles. The van der Waals surface area contributed by atoms with Crippen molar-refractivity contribution < 1.29 is 14.3 Å². The number of halogens is 1. The number of methoxy groups -OCH3 is 1. The third kappa shape index (κ3) is 3.25. The van der Waals surface area contributed by atoms with Gasteiger partial charge in [0.15, 0.2) is 0 Å². The molecule has 0 aromatic heterocycles. The Morgan fingerprint density at radius 2 is 2.04 bits per heavy atom. The Hall–Kier alpha value is -2.24. The van der Waals surface area contributed by atoms with Crippen LogP contribution < -0.4 is 5.32 Å². The van der Waals surface area contributed by atoms with Gasteiger partial charge in [-0.25, -0.2) is 4.79 Å². The van der Waals surface area contributed by atoms with E-state index in [0.717, 1.165) is 10.5 Å². The van der Waals surface area contributed by atoms with Crippen molar-refractivity contribution in [1.82, 2.24) is 0 Å². The van der Waals surface area contributed by atoms with Gasteiger partial charge in [-0.1, -0.05) is 41.6 Å². The molecule has 0 unspecified atom stereocenters. The van der Waals surface area contributed by atoms with Gasteiger partial charge in [0, 0.05) is 9.92 Å². The Bertz CT molecular complexity index is 832. The van der Waals surface area contributed by atoms with E-state index in [1.54, 1.807) is 30.3 Å². The van der Waals surface area contributed by atoms with Gasteiger partial charge in [-0.3, -0.25) is 4.79 Å². The summed E-state index contributed by atoms with van der Waals surface area (Å²) in [4.78, 5) is 25.2. The normalized spacial score (nSPS) is 15.0. The number of anilines is 1. The van der Waals surface area contributed by atoms with Crippen LogP contribution in [0.15, 0.2) is 52.3 Å². The summed E-state index contributed by atoms with van der Waals surface area (Å²) in [6.07, 6.45) is 1.75. The van der Waals surface area contributed by atoms with Gasteiger partial charge in [0.2, 0.25) is 0 Å². The van der Waals surface area contributed by atoms with Crippen molar-refractivity contribution in [3.63, 3.8) is 0 Å². The molecule has 1 aliphatic heterocycles. The molecular formula is C17H12ClNO3S. The summed E-state index contributed by atoms with van der Waals surface area (Å²) in [6.45, 7) is 0. The molecule has 0 radical (unpaired) electrons. The Morgan fingerprint density at radius 1 is 1.26 bits per heavy atom. The summed E-state index contributed by atoms with van der Waals surface area (Å²) >= 11 is 7.46. The first-order valence-electron chi connectivity index (χ1n) is 6.76. The first kappa shape index (κ1) is 15.6. The predicted octanol–water partition coefficient (Wildman–Crippen LogP) is 4.21. The molecule has 0 atom stereocenters. The van der Waals surface area contributed by atoms with Crippen LogP contribution in [0.5, 0.6) is 0 Å². The largest absolute Gasteiger partial charge is 0.465 e. The number of rotatable bonds is 2. The number of fused-ring (bicyclic) bond motifs is 1. The van der Waals surface area contributed by atoms with E-state index in [2.05, 4.69) is 10.1 Å². The van der Waals surface area contributed by atoms with Gasteiger partial charge in [0.05, 0.1) is 23.3 Å². The summed E-state index contributed by atoms with van der Waals surface area (Å²) in [5.74, 6) is -0.672. The average Bonchev–Trinajstić information content (AvgIpc) is 2.56. The van der Waals surface area contributed by atoms with E-state index in [0.29, 0.717) is 21.2 Å². The Balaban J connectivity index is 1.94. The van der Waals surface area contributed by atoms with Crippen molar-refractivity contribution in [3.05, 3.63) is 63.5 Å². The van der Waals surface area contributed by atoms with E-state index in [1.807, 2.05) is 18.2 Å². The molecule has 1 aliphatic rings. The maximum atomic E-state index is 12.3. The Labute approximate surface area is 142 Å². The van der Waals surface area contributed by atoms with Gasteiger partial charge < -0.3 is 10.1 Å². The average molecular weight is 346 g/mol. The molecule has 6 heteroatoms. The number of benzene rings is 2. The van der Waals surface area contributed by atoms with E-state index in [9.17, 15) is 9.59 Å². The highest BCUT2D eigenvalue weighted by atomic mass is 35.5. The van der Waals surface area contributed by atoms with Crippen LogP contribution in [-0.2, 0) is 9.53 Å². The number of carbonyl (C=O) groups excluding carboxylic acids is 2. The van der Waals surface area contributed by atoms with Crippen molar-refractivity contribution in [1.29, 1.82) is 0 Å². The third-order valence-electron chi connectivity index (χ3n) is 3.28. The zero-order chi connectivity index (χ0) is 16.4. The van der Waals surface area contributed by atoms with Gasteiger partial charge >= 0.3 is 5.97 Å². The van der Waals surface area contributed by atoms with Gasteiger partial charge in [-0.05, 0) is 35.9 Å². The monoisotopic (exact) mass is 345 g/mol. The second kappa shape index (κ2) is 6.48. The highest BCUT2D eigenvalue weighted by Crippen LogP contribution is 2.39. The number of ether oxygens (including phenoxy) is 1. The Kier molecular flexibility index (Phi) is 4.41. The molecule has 3 rings (SSSR count). The topological polar surface area (TPSA) is 55.4 Å². The second-order valence-corrected chi connectivity index (χ2v) is 6.28. The lowest BCUT2D eigenvalue weighted by Crippen LogP contribution is -2.18. The first-order chi connectivity index (χ1) is 11.1. The van der Waals surface area contributed by atoms with Crippen molar-refractivity contribution in [2.45, 2.75) is 4.90 Å². The minimum absolute atomic E-state index is 0.232. The Morgan fingerprint density at radius 3 is 2.78 bits per heavy atom. The second-order valence-electron chi connectivity index (χ2n) is 4.79. The van der Waals surface area contributed by atoms with Crippen LogP contribution >= 0.6 is 23.4 Å². The number of amides is 1. The molecule has 23 heavy (non-hydrogen) atoms. The molecule has 0 bridgehead atoms. The van der Waals surface area contributed by atoms with Gasteiger partial charge in [-0.15, -0.1) is 0 Å². The van der Waals surface area contributed by atoms with E-state index < -0.39 is 5.97 Å². The highest BCUT2D eigenvalue weighted by molar-refractivity contribution is 8.04. The van der Waals surface area contributed by atoms with Crippen LogP contribution in [0.2, 0.25) is 5.02 Å². The molecule has 0 spiro atoms. The summed E-state index contributed by atoms with van der Waals surface area (Å²) < 4.78 is 4.68. The van der Waals surface area contributed by atoms with E-state index in [4.69, 9.17) is 11.6 Å². The van der Waals surface area contributed by atoms with Crippen molar-refractivity contribution in [3.8, 4) is 0 Å². The van der Waals surface area contributed by atoms with Crippen LogP contribution in [0.3, 0.4) is 0 Å². The molecule has 4 nitrogen and oxygen atoms in total. The van der Waals surface area contributed by atoms with Crippen molar-refractivity contribution in [2.24, 2.45) is 0 Å². The molecule has 2 aromatic carbocycles. The number of hydrogen-bond donors (Lipinski definition) is 1. The molecule has 1 amide bonds. The van der Waals surface area contributed by atoms with Crippen LogP contribution in [-0.4, -0.2) is 19.0 Å². The van der Waals surface area contributed by atoms with Crippen LogP contribution in [0.4, 0.5) is 5.69 Å². The van der Waals surface area contributed by atoms with E-state index in [-0.39, 0.29) is 5.91 Å². The summed E-state index contributed by atoms with van der Waals surface area (Å²) in [6, 6.07) is 12.4. The van der Waals surface area contributed by atoms with Gasteiger partial charge in [-0.2, -0.15) is 0 Å². The van der Waals surface area contributed by atoms with Crippen molar-refractivity contribution >= 4 is 47.0 Å². The molecular weight excluding hydrogens is 334 g/mol. The number of hydrogen-bond acceptors (Lipinski definition) is 4. The maximum absolute atomic E-state index is 12.3. The standard InChI is InChI=1S/C17H12ClNO3S/c1-22-17(21)11-6-7-14-13(8-11)19-16(20)15(23-14)9-10-4-2-3-5-12(10)18/h2-9H,1H3,(H,19,20)/b15-9-. The molecule has 0 saturated carbocycles. The number of thioether (sulfide) groups is 1. The number of carbonyl (C=O) groups is 2. The minimum Gasteiger partial charge on any atom is -0.465 e. The van der Waals surface area contributed by atoms with E-state index >= 15 is 0 Å². The first-order valence-corrected chi connectivity index (χ1v) is 7.96. The molecule has 2 aromatic rings. The fourth-order valence-electron chi connectivity index (χ4n) is 2.14. The number of esters is 1. The van der Waals surface area contributed by atoms with Gasteiger partial charge in [0.1, 0.15) is 0 Å². The lowest BCUT2D eigenvalue weighted by Gasteiger charge is -2.19. The summed E-state index contributed by atoms with van der Waals surface area (Å²) in [5, 5.41) is 3.37. The van der Waals surface area contributed by atoms with Crippen molar-refractivity contribution in [2.75, 3.05) is 12.4 Å². The molecule has 116 valence electrons. The number of nitrogens with one attached hydrogen (secondary N) is 1. The zero-order valence-electron chi connectivity index (χ0n) is 12.1. The van der Waals surface area contributed by atoms with Crippen LogP contribution in [0.1, 0.15) is 15.9 Å². The molecule has 0 saturated heterocycles. The smallest absolute Gasteiger partial charge is 0.337 e. The quantitative estimate of drug-likeness (QED) is 0.654. The summed E-state index contributed by atoms with van der Waals surface area (Å²) in [7, 11) is 1.32. The molecule has 0 fully saturated rings. The van der Waals surface area contributed by atoms with Gasteiger partial charge in [0.25, 0.3) is 5.91 Å². The zero-order valence-corrected chi connectivity index (χ0v) is 13.7. The molecule has 1 N–H and O–H groups in total. The maximum Gasteiger partial charge on any atom is 0.337 e. The molecule has 0 aliphatic carbocycles. The van der Waals surface area contributed by atoms with Crippen LogP contribution in [0.25, 0.3) is 6.08 Å². The predicted molar refractivity (Wildman–Crippen MR) is 91.7 cm³/mol. The van der Waals surface area contributed by atoms with E-state index in [1.165, 1.54) is 18.9 Å². The summed E-state index contributed by atoms with van der Waals surface area (Å²) in [5.41, 5.74) is 1.77. The third-order valence-corrected chi connectivity index (χ3v) is 4.73. The lowest BCUT2D eigenvalue weighted by atomic mass is 10.2. The fraction of sp³-hybridized carbons (Fsp3) is 0.0588. The highest BCUT2D eigenvalue weighted by Gasteiger charge is 2.22. The lowest BCUT2D eigenvalue weighted by molar-refractivity contribution is -0.112. The SMILES string of the molecule is COC(=O)c1ccc2c(c1)NC(=O)/C(=C/c1ccccc1Cl)S2. The fourth-order valence-corrected chi connectivity index (χ4v) is 3.25. The van der Waals surface area contributed by atoms with Crippen LogP contribution in [0, 0.1) is 0 Å². The minimum atomic E-state index is -0.440.